The molecule has 1 fully saturated rings. The number of carboxylic acid groups (broad SMARTS) is 1. The third-order valence-electron chi connectivity index (χ3n) is 3.17. The van der Waals surface area contributed by atoms with Crippen LogP contribution in [0.1, 0.15) is 32.1 Å². The number of nitrogens with two attached hydrogens (primary N) is 1. The first kappa shape index (κ1) is 11.2. The van der Waals surface area contributed by atoms with E-state index in [2.05, 4.69) is 6.58 Å². The van der Waals surface area contributed by atoms with E-state index >= 15 is 0 Å². The van der Waals surface area contributed by atoms with Crippen LogP contribution in [0.15, 0.2) is 12.7 Å². The van der Waals surface area contributed by atoms with Crippen LogP contribution in [0.25, 0.3) is 0 Å². The molecule has 1 atom stereocenters. The van der Waals surface area contributed by atoms with Crippen LogP contribution in [0, 0.1) is 11.8 Å². The van der Waals surface area contributed by atoms with Crippen molar-refractivity contribution in [2.45, 2.75) is 38.1 Å². The molecule has 0 radical (unpaired) electrons. The zero-order valence-corrected chi connectivity index (χ0v) is 8.48. The fourth-order valence-electron chi connectivity index (χ4n) is 2.18. The van der Waals surface area contributed by atoms with Gasteiger partial charge in [-0.25, -0.2) is 0 Å². The van der Waals surface area contributed by atoms with Crippen molar-refractivity contribution < 1.29 is 9.90 Å². The molecule has 1 unspecified atom stereocenters. The van der Waals surface area contributed by atoms with E-state index in [9.17, 15) is 4.79 Å². The zero-order chi connectivity index (χ0) is 10.6. The fraction of sp³-hybridized carbons (Fsp3) is 0.727. The lowest BCUT2D eigenvalue weighted by molar-refractivity contribution is -0.143. The first-order chi connectivity index (χ1) is 6.65. The average Bonchev–Trinajstić information content (AvgIpc) is 2.18. The predicted molar refractivity (Wildman–Crippen MR) is 55.9 cm³/mol. The lowest BCUT2D eigenvalue weighted by Crippen LogP contribution is -2.33. The molecule has 0 aliphatic heterocycles. The summed E-state index contributed by atoms with van der Waals surface area (Å²) < 4.78 is 0. The number of carbonyl (C=O) groups is 1. The van der Waals surface area contributed by atoms with Crippen molar-refractivity contribution >= 4 is 5.97 Å². The molecule has 3 nitrogen and oxygen atoms in total. The topological polar surface area (TPSA) is 63.3 Å². The number of aliphatic carboxylic acids is 1. The van der Waals surface area contributed by atoms with E-state index in [0.29, 0.717) is 5.92 Å². The smallest absolute Gasteiger partial charge is 0.306 e. The van der Waals surface area contributed by atoms with Crippen LogP contribution >= 0.6 is 0 Å². The largest absolute Gasteiger partial charge is 0.481 e. The van der Waals surface area contributed by atoms with Crippen LogP contribution in [0.3, 0.4) is 0 Å². The van der Waals surface area contributed by atoms with Gasteiger partial charge in [-0.3, -0.25) is 4.79 Å². The minimum absolute atomic E-state index is 0.137. The summed E-state index contributed by atoms with van der Waals surface area (Å²) in [5.74, 6) is -0.300. The van der Waals surface area contributed by atoms with Gasteiger partial charge in [-0.2, -0.15) is 0 Å². The summed E-state index contributed by atoms with van der Waals surface area (Å²) in [6.07, 6.45) is 6.14. The molecule has 1 rings (SSSR count). The Balaban J connectivity index is 2.34. The van der Waals surface area contributed by atoms with Crippen LogP contribution in [-0.4, -0.2) is 17.1 Å². The highest BCUT2D eigenvalue weighted by Crippen LogP contribution is 2.31. The van der Waals surface area contributed by atoms with Gasteiger partial charge in [0.25, 0.3) is 0 Å². The molecular formula is C11H19NO2. The van der Waals surface area contributed by atoms with E-state index < -0.39 is 5.97 Å². The third-order valence-corrected chi connectivity index (χ3v) is 3.17. The Hall–Kier alpha value is -0.830. The monoisotopic (exact) mass is 197 g/mol. The molecule has 0 spiro atoms. The van der Waals surface area contributed by atoms with E-state index in [1.807, 2.05) is 6.08 Å². The van der Waals surface area contributed by atoms with E-state index in [-0.39, 0.29) is 12.0 Å². The molecule has 3 heteroatoms. The second-order valence-corrected chi connectivity index (χ2v) is 4.14. The molecule has 0 amide bonds. The SMILES string of the molecule is C=CCC(N)[C@H]1CC[C@H](C(=O)O)CC1. The van der Waals surface area contributed by atoms with Gasteiger partial charge in [-0.1, -0.05) is 6.08 Å². The lowest BCUT2D eigenvalue weighted by Gasteiger charge is -2.29. The molecule has 80 valence electrons. The zero-order valence-electron chi connectivity index (χ0n) is 8.48. The van der Waals surface area contributed by atoms with Crippen LogP contribution in [0.4, 0.5) is 0 Å². The first-order valence-corrected chi connectivity index (χ1v) is 5.24. The van der Waals surface area contributed by atoms with Crippen LogP contribution in [0.5, 0.6) is 0 Å². The van der Waals surface area contributed by atoms with Crippen molar-refractivity contribution in [3.05, 3.63) is 12.7 Å². The highest BCUT2D eigenvalue weighted by molar-refractivity contribution is 5.69. The Kier molecular flexibility index (Phi) is 4.14. The Bertz CT molecular complexity index is 207. The number of hydrogen-bond donors (Lipinski definition) is 2. The second kappa shape index (κ2) is 5.15. The van der Waals surface area contributed by atoms with Crippen molar-refractivity contribution in [1.29, 1.82) is 0 Å². The van der Waals surface area contributed by atoms with Gasteiger partial charge in [-0.05, 0) is 38.0 Å². The molecule has 1 aliphatic carbocycles. The highest BCUT2D eigenvalue weighted by Gasteiger charge is 2.28. The molecule has 0 bridgehead atoms. The van der Waals surface area contributed by atoms with E-state index in [0.717, 1.165) is 32.1 Å². The fourth-order valence-corrected chi connectivity index (χ4v) is 2.18. The summed E-state index contributed by atoms with van der Waals surface area (Å²) in [5.41, 5.74) is 5.96. The highest BCUT2D eigenvalue weighted by atomic mass is 16.4. The quantitative estimate of drug-likeness (QED) is 0.675. The Morgan fingerprint density at radius 2 is 2.07 bits per heavy atom. The van der Waals surface area contributed by atoms with Gasteiger partial charge in [0, 0.05) is 6.04 Å². The standard InChI is InChI=1S/C11H19NO2/c1-2-3-10(12)8-4-6-9(7-5-8)11(13)14/h2,8-10H,1,3-7,12H2,(H,13,14)/t8-,9-,10?. The predicted octanol–water partition coefficient (Wildman–Crippen LogP) is 1.78. The number of carboxylic acids is 1. The molecule has 3 N–H and O–H groups in total. The normalized spacial score (nSPS) is 29.5. The lowest BCUT2D eigenvalue weighted by atomic mass is 9.78. The molecule has 0 aromatic rings. The Labute approximate surface area is 85.0 Å². The molecule has 0 saturated heterocycles. The summed E-state index contributed by atoms with van der Waals surface area (Å²) in [7, 11) is 0. The summed E-state index contributed by atoms with van der Waals surface area (Å²) in [6.45, 7) is 3.66. The summed E-state index contributed by atoms with van der Waals surface area (Å²) in [5, 5.41) is 8.82. The van der Waals surface area contributed by atoms with E-state index in [4.69, 9.17) is 10.8 Å². The molecule has 0 aromatic carbocycles. The van der Waals surface area contributed by atoms with Gasteiger partial charge in [-0.15, -0.1) is 6.58 Å². The summed E-state index contributed by atoms with van der Waals surface area (Å²) in [4.78, 5) is 10.7. The van der Waals surface area contributed by atoms with Crippen LogP contribution in [0.2, 0.25) is 0 Å². The summed E-state index contributed by atoms with van der Waals surface area (Å²) >= 11 is 0. The van der Waals surface area contributed by atoms with Gasteiger partial charge in [0.2, 0.25) is 0 Å². The maximum atomic E-state index is 10.7. The minimum Gasteiger partial charge on any atom is -0.481 e. The van der Waals surface area contributed by atoms with E-state index in [1.54, 1.807) is 0 Å². The Morgan fingerprint density at radius 1 is 1.50 bits per heavy atom. The Morgan fingerprint density at radius 3 is 2.50 bits per heavy atom. The average molecular weight is 197 g/mol. The minimum atomic E-state index is -0.652. The second-order valence-electron chi connectivity index (χ2n) is 4.14. The molecule has 0 aromatic heterocycles. The molecular weight excluding hydrogens is 178 g/mol. The van der Waals surface area contributed by atoms with Gasteiger partial charge < -0.3 is 10.8 Å². The van der Waals surface area contributed by atoms with Crippen molar-refractivity contribution in [1.82, 2.24) is 0 Å². The molecule has 1 aliphatic rings. The van der Waals surface area contributed by atoms with Crippen LogP contribution < -0.4 is 5.73 Å². The number of rotatable bonds is 4. The van der Waals surface area contributed by atoms with Crippen molar-refractivity contribution in [2.75, 3.05) is 0 Å². The maximum Gasteiger partial charge on any atom is 0.306 e. The van der Waals surface area contributed by atoms with Crippen LogP contribution in [-0.2, 0) is 4.79 Å². The molecule has 14 heavy (non-hydrogen) atoms. The molecule has 0 heterocycles. The van der Waals surface area contributed by atoms with Gasteiger partial charge in [0.15, 0.2) is 0 Å². The van der Waals surface area contributed by atoms with Crippen molar-refractivity contribution in [3.63, 3.8) is 0 Å². The first-order valence-electron chi connectivity index (χ1n) is 5.24. The third kappa shape index (κ3) is 2.84. The summed E-state index contributed by atoms with van der Waals surface area (Å²) in [6, 6.07) is 0.169. The van der Waals surface area contributed by atoms with Gasteiger partial charge >= 0.3 is 5.97 Å². The maximum absolute atomic E-state index is 10.7. The van der Waals surface area contributed by atoms with Gasteiger partial charge in [0.05, 0.1) is 5.92 Å². The van der Waals surface area contributed by atoms with E-state index in [1.165, 1.54) is 0 Å². The van der Waals surface area contributed by atoms with Crippen molar-refractivity contribution in [3.8, 4) is 0 Å². The number of hydrogen-bond acceptors (Lipinski definition) is 2. The van der Waals surface area contributed by atoms with Gasteiger partial charge in [0.1, 0.15) is 0 Å². The van der Waals surface area contributed by atoms with Crippen molar-refractivity contribution in [2.24, 2.45) is 17.6 Å². The molecule has 1 saturated carbocycles.